The fraction of sp³-hybridized carbons (Fsp3) is 0.316. The minimum Gasteiger partial charge on any atom is -0.481 e. The fourth-order valence-corrected chi connectivity index (χ4v) is 5.17. The van der Waals surface area contributed by atoms with E-state index < -0.39 is 21.8 Å². The van der Waals surface area contributed by atoms with Crippen LogP contribution in [0.4, 0.5) is 4.39 Å². The summed E-state index contributed by atoms with van der Waals surface area (Å²) in [6.45, 7) is 0.658. The van der Waals surface area contributed by atoms with Crippen molar-refractivity contribution in [3.05, 3.63) is 64.4 Å². The Balaban J connectivity index is 1.85. The maximum Gasteiger partial charge on any atom is 0.307 e. The fourth-order valence-electron chi connectivity index (χ4n) is 3.38. The topological polar surface area (TPSA) is 74.7 Å². The van der Waals surface area contributed by atoms with Crippen molar-refractivity contribution in [2.75, 3.05) is 13.1 Å². The van der Waals surface area contributed by atoms with E-state index in [2.05, 4.69) is 0 Å². The lowest BCUT2D eigenvalue weighted by molar-refractivity contribution is -0.136. The van der Waals surface area contributed by atoms with Crippen molar-refractivity contribution in [2.24, 2.45) is 0 Å². The largest absolute Gasteiger partial charge is 0.481 e. The van der Waals surface area contributed by atoms with Gasteiger partial charge in [-0.25, -0.2) is 12.8 Å². The van der Waals surface area contributed by atoms with Gasteiger partial charge in [0.1, 0.15) is 5.82 Å². The Bertz CT molecular complexity index is 947. The number of halogens is 2. The summed E-state index contributed by atoms with van der Waals surface area (Å²) in [6, 6.07) is 9.92. The third kappa shape index (κ3) is 4.66. The first-order valence-corrected chi connectivity index (χ1v) is 10.3. The predicted octanol–water partition coefficient (Wildman–Crippen LogP) is 3.67. The molecule has 2 aromatic carbocycles. The van der Waals surface area contributed by atoms with Crippen molar-refractivity contribution in [2.45, 2.75) is 30.1 Å². The molecule has 27 heavy (non-hydrogen) atoms. The number of carboxylic acids is 1. The van der Waals surface area contributed by atoms with Gasteiger partial charge in [-0.05, 0) is 66.3 Å². The van der Waals surface area contributed by atoms with E-state index in [1.165, 1.54) is 16.4 Å². The van der Waals surface area contributed by atoms with Gasteiger partial charge < -0.3 is 5.11 Å². The average Bonchev–Trinajstić information content (AvgIpc) is 2.61. The SMILES string of the molecule is O=C(O)Cc1cc(Cl)cc(C2CCCN(S(=O)(=O)c3ccc(F)cc3)C2)c1. The number of piperidine rings is 1. The number of carboxylic acid groups (broad SMARTS) is 1. The summed E-state index contributed by atoms with van der Waals surface area (Å²) in [5.74, 6) is -1.53. The number of sulfonamides is 1. The molecule has 3 rings (SSSR count). The highest BCUT2D eigenvalue weighted by Crippen LogP contribution is 2.32. The van der Waals surface area contributed by atoms with Crippen molar-refractivity contribution in [1.29, 1.82) is 0 Å². The second-order valence-electron chi connectivity index (χ2n) is 6.62. The molecule has 0 amide bonds. The zero-order valence-electron chi connectivity index (χ0n) is 14.4. The molecule has 1 heterocycles. The highest BCUT2D eigenvalue weighted by atomic mass is 35.5. The normalized spacial score (nSPS) is 18.4. The molecule has 1 fully saturated rings. The van der Waals surface area contributed by atoms with Crippen LogP contribution in [0.3, 0.4) is 0 Å². The zero-order valence-corrected chi connectivity index (χ0v) is 16.0. The van der Waals surface area contributed by atoms with E-state index in [1.54, 1.807) is 18.2 Å². The Labute approximate surface area is 162 Å². The standard InChI is InChI=1S/C19H19ClFNO4S/c20-16-9-13(10-19(23)24)8-15(11-16)14-2-1-7-22(12-14)27(25,26)18-5-3-17(21)4-6-18/h3-6,8-9,11,14H,1-2,7,10,12H2,(H,23,24). The van der Waals surface area contributed by atoms with E-state index in [4.69, 9.17) is 16.7 Å². The Morgan fingerprint density at radius 3 is 2.59 bits per heavy atom. The monoisotopic (exact) mass is 411 g/mol. The Morgan fingerprint density at radius 1 is 1.22 bits per heavy atom. The molecule has 1 saturated heterocycles. The molecule has 2 aromatic rings. The predicted molar refractivity (Wildman–Crippen MR) is 99.9 cm³/mol. The van der Waals surface area contributed by atoms with Crippen molar-refractivity contribution >= 4 is 27.6 Å². The van der Waals surface area contributed by atoms with Crippen LogP contribution in [0.25, 0.3) is 0 Å². The van der Waals surface area contributed by atoms with Crippen LogP contribution in [-0.4, -0.2) is 36.9 Å². The number of carbonyl (C=O) groups is 1. The van der Waals surface area contributed by atoms with Gasteiger partial charge in [-0.2, -0.15) is 4.31 Å². The Kier molecular flexibility index (Phi) is 5.83. The molecule has 5 nitrogen and oxygen atoms in total. The van der Waals surface area contributed by atoms with Gasteiger partial charge in [-0.3, -0.25) is 4.79 Å². The van der Waals surface area contributed by atoms with Crippen molar-refractivity contribution in [1.82, 2.24) is 4.31 Å². The first-order valence-electron chi connectivity index (χ1n) is 8.52. The van der Waals surface area contributed by atoms with E-state index in [1.807, 2.05) is 0 Å². The van der Waals surface area contributed by atoms with Crippen LogP contribution in [0.5, 0.6) is 0 Å². The van der Waals surface area contributed by atoms with Crippen molar-refractivity contribution in [3.8, 4) is 0 Å². The molecule has 1 aliphatic heterocycles. The first-order chi connectivity index (χ1) is 12.8. The van der Waals surface area contributed by atoms with E-state index in [-0.39, 0.29) is 23.8 Å². The smallest absolute Gasteiger partial charge is 0.307 e. The molecule has 0 bridgehead atoms. The zero-order chi connectivity index (χ0) is 19.6. The summed E-state index contributed by atoms with van der Waals surface area (Å²) in [4.78, 5) is 11.0. The molecular formula is C19H19ClFNO4S. The van der Waals surface area contributed by atoms with E-state index in [9.17, 15) is 17.6 Å². The molecule has 0 radical (unpaired) electrons. The molecule has 0 saturated carbocycles. The molecule has 1 atom stereocenters. The van der Waals surface area contributed by atoms with Crippen molar-refractivity contribution in [3.63, 3.8) is 0 Å². The Hall–Kier alpha value is -1.96. The molecule has 8 heteroatoms. The van der Waals surface area contributed by atoms with E-state index in [0.717, 1.165) is 24.1 Å². The highest BCUT2D eigenvalue weighted by Gasteiger charge is 2.31. The molecular weight excluding hydrogens is 393 g/mol. The van der Waals surface area contributed by atoms with Gasteiger partial charge in [0.15, 0.2) is 0 Å². The minimum absolute atomic E-state index is 0.0576. The summed E-state index contributed by atoms with van der Waals surface area (Å²) >= 11 is 6.13. The van der Waals surface area contributed by atoms with Gasteiger partial charge in [0.05, 0.1) is 11.3 Å². The molecule has 0 aliphatic carbocycles. The summed E-state index contributed by atoms with van der Waals surface area (Å²) in [5.41, 5.74) is 1.42. The number of nitrogens with zero attached hydrogens (tertiary/aromatic N) is 1. The molecule has 1 unspecified atom stereocenters. The van der Waals surface area contributed by atoms with Gasteiger partial charge >= 0.3 is 5.97 Å². The Morgan fingerprint density at radius 2 is 1.93 bits per heavy atom. The van der Waals surface area contributed by atoms with Gasteiger partial charge in [-0.1, -0.05) is 17.7 Å². The minimum atomic E-state index is -3.72. The molecule has 1 N–H and O–H groups in total. The van der Waals surface area contributed by atoms with Crippen LogP contribution < -0.4 is 0 Å². The summed E-state index contributed by atoms with van der Waals surface area (Å²) in [7, 11) is -3.72. The maximum absolute atomic E-state index is 13.1. The van der Waals surface area contributed by atoms with Crippen molar-refractivity contribution < 1.29 is 22.7 Å². The lowest BCUT2D eigenvalue weighted by atomic mass is 9.90. The van der Waals surface area contributed by atoms with Crippen LogP contribution in [0.1, 0.15) is 29.9 Å². The summed E-state index contributed by atoms with van der Waals surface area (Å²) in [5, 5.41) is 9.43. The lowest BCUT2D eigenvalue weighted by Gasteiger charge is -2.32. The van der Waals surface area contributed by atoms with Gasteiger partial charge in [-0.15, -0.1) is 0 Å². The molecule has 0 aromatic heterocycles. The van der Waals surface area contributed by atoms with Gasteiger partial charge in [0.2, 0.25) is 10.0 Å². The number of hydrogen-bond acceptors (Lipinski definition) is 3. The van der Waals surface area contributed by atoms with Gasteiger partial charge in [0.25, 0.3) is 0 Å². The van der Waals surface area contributed by atoms with E-state index in [0.29, 0.717) is 23.6 Å². The number of hydrogen-bond donors (Lipinski definition) is 1. The number of aliphatic carboxylic acids is 1. The maximum atomic E-state index is 13.1. The van der Waals surface area contributed by atoms with E-state index >= 15 is 0 Å². The van der Waals surface area contributed by atoms with Crippen LogP contribution in [0.2, 0.25) is 5.02 Å². The lowest BCUT2D eigenvalue weighted by Crippen LogP contribution is -2.39. The van der Waals surface area contributed by atoms with Crippen LogP contribution in [-0.2, 0) is 21.2 Å². The van der Waals surface area contributed by atoms with Crippen LogP contribution in [0.15, 0.2) is 47.4 Å². The third-order valence-electron chi connectivity index (χ3n) is 4.64. The second kappa shape index (κ2) is 7.96. The third-order valence-corrected chi connectivity index (χ3v) is 6.74. The second-order valence-corrected chi connectivity index (χ2v) is 8.99. The average molecular weight is 412 g/mol. The molecule has 1 aliphatic rings. The van der Waals surface area contributed by atoms with Crippen LogP contribution >= 0.6 is 11.6 Å². The summed E-state index contributed by atoms with van der Waals surface area (Å²) in [6.07, 6.45) is 1.31. The molecule has 144 valence electrons. The quantitative estimate of drug-likeness (QED) is 0.814. The first kappa shape index (κ1) is 19.8. The summed E-state index contributed by atoms with van der Waals surface area (Å²) < 4.78 is 40.2. The molecule has 0 spiro atoms. The number of benzene rings is 2. The van der Waals surface area contributed by atoms with Gasteiger partial charge in [0, 0.05) is 18.1 Å². The number of rotatable bonds is 5. The highest BCUT2D eigenvalue weighted by molar-refractivity contribution is 7.89. The van der Waals surface area contributed by atoms with Crippen LogP contribution in [0, 0.1) is 5.82 Å².